The molecule has 0 N–H and O–H groups in total. The van der Waals surface area contributed by atoms with Gasteiger partial charge in [0.1, 0.15) is 5.75 Å². The fourth-order valence-electron chi connectivity index (χ4n) is 1.71. The van der Waals surface area contributed by atoms with E-state index < -0.39 is 0 Å². The van der Waals surface area contributed by atoms with Gasteiger partial charge in [-0.2, -0.15) is 0 Å². The zero-order chi connectivity index (χ0) is 11.0. The Balaban J connectivity index is 2.49. The first-order chi connectivity index (χ1) is 7.13. The molecular formula is C11H12INO2. The van der Waals surface area contributed by atoms with Gasteiger partial charge in [0.15, 0.2) is 6.10 Å². The van der Waals surface area contributed by atoms with Crippen LogP contribution in [0.15, 0.2) is 18.2 Å². The van der Waals surface area contributed by atoms with E-state index >= 15 is 0 Å². The number of halogens is 1. The minimum absolute atomic E-state index is 0.0335. The van der Waals surface area contributed by atoms with Gasteiger partial charge in [0.05, 0.1) is 5.69 Å². The number of hydrogen-bond donors (Lipinski definition) is 0. The fraction of sp³-hybridized carbons (Fsp3) is 0.364. The maximum Gasteiger partial charge on any atom is 0.267 e. The molecule has 1 aromatic rings. The van der Waals surface area contributed by atoms with Crippen LogP contribution in [0, 0.1) is 3.57 Å². The molecule has 1 aliphatic rings. The Labute approximate surface area is 103 Å². The van der Waals surface area contributed by atoms with Crippen molar-refractivity contribution in [2.75, 3.05) is 11.4 Å². The molecule has 0 aliphatic carbocycles. The molecule has 1 atom stereocenters. The maximum atomic E-state index is 11.8. The van der Waals surface area contributed by atoms with Crippen molar-refractivity contribution in [1.82, 2.24) is 0 Å². The SMILES string of the molecule is CCN1C(=O)C(C)Oc2cc(I)ccc21. The van der Waals surface area contributed by atoms with Crippen LogP contribution in [0.4, 0.5) is 5.69 Å². The van der Waals surface area contributed by atoms with E-state index in [1.165, 1.54) is 0 Å². The van der Waals surface area contributed by atoms with Crippen molar-refractivity contribution >= 4 is 34.2 Å². The van der Waals surface area contributed by atoms with Gasteiger partial charge in [-0.25, -0.2) is 0 Å². The third-order valence-corrected chi connectivity index (χ3v) is 3.12. The van der Waals surface area contributed by atoms with E-state index in [0.717, 1.165) is 15.0 Å². The molecule has 1 heterocycles. The quantitative estimate of drug-likeness (QED) is 0.745. The third kappa shape index (κ3) is 1.82. The molecule has 0 fully saturated rings. The number of carbonyl (C=O) groups excluding carboxylic acids is 1. The predicted octanol–water partition coefficient (Wildman–Crippen LogP) is 2.43. The van der Waals surface area contributed by atoms with Crippen LogP contribution in [0.3, 0.4) is 0 Å². The maximum absolute atomic E-state index is 11.8. The molecule has 0 saturated heterocycles. The molecule has 0 radical (unpaired) electrons. The minimum atomic E-state index is -0.379. The van der Waals surface area contributed by atoms with Crippen molar-refractivity contribution in [3.05, 3.63) is 21.8 Å². The molecule has 1 aromatic carbocycles. The van der Waals surface area contributed by atoms with Crippen LogP contribution in [-0.4, -0.2) is 18.6 Å². The number of nitrogens with zero attached hydrogens (tertiary/aromatic N) is 1. The average molecular weight is 317 g/mol. The molecule has 2 rings (SSSR count). The van der Waals surface area contributed by atoms with Crippen LogP contribution in [-0.2, 0) is 4.79 Å². The summed E-state index contributed by atoms with van der Waals surface area (Å²) in [6.45, 7) is 4.44. The van der Waals surface area contributed by atoms with Gasteiger partial charge >= 0.3 is 0 Å². The van der Waals surface area contributed by atoms with Gasteiger partial charge in [-0.05, 0) is 54.6 Å². The summed E-state index contributed by atoms with van der Waals surface area (Å²) in [6.07, 6.45) is -0.379. The van der Waals surface area contributed by atoms with E-state index in [4.69, 9.17) is 4.74 Å². The molecule has 0 spiro atoms. The lowest BCUT2D eigenvalue weighted by molar-refractivity contribution is -0.125. The Morgan fingerprint density at radius 2 is 2.27 bits per heavy atom. The van der Waals surface area contributed by atoms with E-state index in [0.29, 0.717) is 6.54 Å². The fourth-order valence-corrected chi connectivity index (χ4v) is 2.17. The highest BCUT2D eigenvalue weighted by Gasteiger charge is 2.30. The predicted molar refractivity (Wildman–Crippen MR) is 67.3 cm³/mol. The van der Waals surface area contributed by atoms with Crippen LogP contribution in [0.1, 0.15) is 13.8 Å². The van der Waals surface area contributed by atoms with E-state index in [1.54, 1.807) is 11.8 Å². The normalized spacial score (nSPS) is 19.8. The number of carbonyl (C=O) groups is 1. The smallest absolute Gasteiger partial charge is 0.267 e. The monoisotopic (exact) mass is 317 g/mol. The van der Waals surface area contributed by atoms with Crippen LogP contribution < -0.4 is 9.64 Å². The van der Waals surface area contributed by atoms with Crippen molar-refractivity contribution < 1.29 is 9.53 Å². The van der Waals surface area contributed by atoms with Gasteiger partial charge in [0, 0.05) is 10.1 Å². The van der Waals surface area contributed by atoms with E-state index in [9.17, 15) is 4.79 Å². The highest BCUT2D eigenvalue weighted by atomic mass is 127. The number of benzene rings is 1. The molecule has 3 nitrogen and oxygen atoms in total. The first kappa shape index (κ1) is 10.7. The van der Waals surface area contributed by atoms with Crippen LogP contribution in [0.5, 0.6) is 5.75 Å². The number of anilines is 1. The van der Waals surface area contributed by atoms with Crippen LogP contribution >= 0.6 is 22.6 Å². The van der Waals surface area contributed by atoms with Gasteiger partial charge in [-0.1, -0.05) is 0 Å². The summed E-state index contributed by atoms with van der Waals surface area (Å²) in [5.74, 6) is 0.835. The lowest BCUT2D eigenvalue weighted by Gasteiger charge is -2.32. The first-order valence-corrected chi connectivity index (χ1v) is 5.99. The van der Waals surface area contributed by atoms with Crippen molar-refractivity contribution in [2.24, 2.45) is 0 Å². The molecule has 0 bridgehead atoms. The number of rotatable bonds is 1. The topological polar surface area (TPSA) is 29.5 Å². The van der Waals surface area contributed by atoms with Gasteiger partial charge in [-0.15, -0.1) is 0 Å². The second-order valence-electron chi connectivity index (χ2n) is 3.45. The minimum Gasteiger partial charge on any atom is -0.479 e. The van der Waals surface area contributed by atoms with E-state index in [-0.39, 0.29) is 12.0 Å². The Kier molecular flexibility index (Phi) is 2.86. The Bertz CT molecular complexity index is 406. The van der Waals surface area contributed by atoms with Crippen LogP contribution in [0.25, 0.3) is 0 Å². The van der Waals surface area contributed by atoms with Crippen LogP contribution in [0.2, 0.25) is 0 Å². The van der Waals surface area contributed by atoms with E-state index in [1.807, 2.05) is 25.1 Å². The van der Waals surface area contributed by atoms with Crippen molar-refractivity contribution in [3.8, 4) is 5.75 Å². The number of fused-ring (bicyclic) bond motifs is 1. The van der Waals surface area contributed by atoms with Gasteiger partial charge in [0.25, 0.3) is 5.91 Å². The lowest BCUT2D eigenvalue weighted by Crippen LogP contribution is -2.44. The zero-order valence-corrected chi connectivity index (χ0v) is 10.8. The highest BCUT2D eigenvalue weighted by Crippen LogP contribution is 2.34. The van der Waals surface area contributed by atoms with Gasteiger partial charge < -0.3 is 9.64 Å². The Morgan fingerprint density at radius 1 is 1.53 bits per heavy atom. The average Bonchev–Trinajstić information content (AvgIpc) is 2.20. The second kappa shape index (κ2) is 4.00. The third-order valence-electron chi connectivity index (χ3n) is 2.45. The molecule has 1 aliphatic heterocycles. The van der Waals surface area contributed by atoms with Gasteiger partial charge in [0.2, 0.25) is 0 Å². The zero-order valence-electron chi connectivity index (χ0n) is 8.66. The summed E-state index contributed by atoms with van der Waals surface area (Å²) in [4.78, 5) is 13.6. The van der Waals surface area contributed by atoms with Crippen molar-refractivity contribution in [1.29, 1.82) is 0 Å². The Hall–Kier alpha value is -0.780. The molecule has 4 heteroatoms. The number of amides is 1. The highest BCUT2D eigenvalue weighted by molar-refractivity contribution is 14.1. The molecule has 0 aromatic heterocycles. The van der Waals surface area contributed by atoms with E-state index in [2.05, 4.69) is 22.6 Å². The summed E-state index contributed by atoms with van der Waals surface area (Å²) >= 11 is 2.23. The summed E-state index contributed by atoms with van der Waals surface area (Å²) in [7, 11) is 0. The number of hydrogen-bond acceptors (Lipinski definition) is 2. The summed E-state index contributed by atoms with van der Waals surface area (Å²) in [6, 6.07) is 5.88. The summed E-state index contributed by atoms with van der Waals surface area (Å²) < 4.78 is 6.68. The molecule has 1 amide bonds. The van der Waals surface area contributed by atoms with Gasteiger partial charge in [-0.3, -0.25) is 4.79 Å². The summed E-state index contributed by atoms with van der Waals surface area (Å²) in [5.41, 5.74) is 0.876. The standard InChI is InChI=1S/C11H12INO2/c1-3-13-9-5-4-8(12)6-10(9)15-7(2)11(13)14/h4-7H,3H2,1-2H3. The second-order valence-corrected chi connectivity index (χ2v) is 4.70. The van der Waals surface area contributed by atoms with Crippen molar-refractivity contribution in [2.45, 2.75) is 20.0 Å². The molecule has 0 saturated carbocycles. The first-order valence-electron chi connectivity index (χ1n) is 4.91. The van der Waals surface area contributed by atoms with Crippen molar-refractivity contribution in [3.63, 3.8) is 0 Å². The lowest BCUT2D eigenvalue weighted by atomic mass is 10.2. The molecule has 80 valence electrons. The molecule has 15 heavy (non-hydrogen) atoms. The largest absolute Gasteiger partial charge is 0.479 e. The number of ether oxygens (including phenoxy) is 1. The summed E-state index contributed by atoms with van der Waals surface area (Å²) in [5, 5.41) is 0. The molecule has 1 unspecified atom stereocenters. The number of likely N-dealkylation sites (N-methyl/N-ethyl adjacent to an activating group) is 1. The molecular weight excluding hydrogens is 305 g/mol. The Morgan fingerprint density at radius 3 is 2.93 bits per heavy atom.